The van der Waals surface area contributed by atoms with Crippen molar-refractivity contribution >= 4 is 11.5 Å². The van der Waals surface area contributed by atoms with Crippen molar-refractivity contribution in [3.63, 3.8) is 0 Å². The minimum atomic E-state index is -0.768. The van der Waals surface area contributed by atoms with Gasteiger partial charge in [0.25, 0.3) is 0 Å². The number of anilines is 1. The molecule has 0 amide bonds. The van der Waals surface area contributed by atoms with Crippen molar-refractivity contribution in [1.82, 2.24) is 0 Å². The Balaban J connectivity index is 2.31. The molecule has 0 radical (unpaired) electrons. The molecule has 6 heteroatoms. The average Bonchev–Trinajstić information content (AvgIpc) is 2.46. The van der Waals surface area contributed by atoms with Gasteiger partial charge in [0.05, 0.1) is 0 Å². The lowest BCUT2D eigenvalue weighted by atomic mass is 10.1. The fourth-order valence-corrected chi connectivity index (χ4v) is 2.07. The Morgan fingerprint density at radius 3 is 2.29 bits per heavy atom. The molecule has 0 saturated carbocycles. The van der Waals surface area contributed by atoms with Gasteiger partial charge < -0.3 is 15.8 Å². The van der Waals surface area contributed by atoms with Crippen LogP contribution >= 0.6 is 0 Å². The minimum Gasteiger partial charge on any atom is -0.409 e. The summed E-state index contributed by atoms with van der Waals surface area (Å²) in [6.07, 6.45) is 0. The van der Waals surface area contributed by atoms with Gasteiger partial charge in [0.15, 0.2) is 5.84 Å². The monoisotopic (exact) mass is 291 g/mol. The van der Waals surface area contributed by atoms with Crippen LogP contribution in [-0.2, 0) is 6.54 Å². The molecule has 0 unspecified atom stereocenters. The molecule has 0 aliphatic carbocycles. The summed E-state index contributed by atoms with van der Waals surface area (Å²) in [6.45, 7) is 0.359. The van der Waals surface area contributed by atoms with Crippen molar-refractivity contribution in [2.75, 3.05) is 11.9 Å². The lowest BCUT2D eigenvalue weighted by molar-refractivity contribution is 0.318. The molecule has 0 aromatic heterocycles. The molecule has 0 heterocycles. The predicted molar refractivity (Wildman–Crippen MR) is 77.4 cm³/mol. The molecular weight excluding hydrogens is 276 g/mol. The van der Waals surface area contributed by atoms with Gasteiger partial charge in [-0.05, 0) is 17.7 Å². The zero-order chi connectivity index (χ0) is 15.4. The fourth-order valence-electron chi connectivity index (χ4n) is 2.07. The maximum absolute atomic E-state index is 14.1. The Morgan fingerprint density at radius 1 is 1.19 bits per heavy atom. The van der Waals surface area contributed by atoms with Crippen molar-refractivity contribution in [1.29, 1.82) is 0 Å². The van der Waals surface area contributed by atoms with E-state index < -0.39 is 11.6 Å². The van der Waals surface area contributed by atoms with Gasteiger partial charge in [0.1, 0.15) is 17.3 Å². The highest BCUT2D eigenvalue weighted by molar-refractivity contribution is 5.97. The summed E-state index contributed by atoms with van der Waals surface area (Å²) in [6, 6.07) is 11.4. The van der Waals surface area contributed by atoms with E-state index in [0.717, 1.165) is 17.7 Å². The van der Waals surface area contributed by atoms with Crippen LogP contribution < -0.4 is 10.6 Å². The first-order valence-electron chi connectivity index (χ1n) is 6.25. The Hall–Kier alpha value is -2.63. The molecule has 3 N–H and O–H groups in total. The number of hydrogen-bond acceptors (Lipinski definition) is 3. The van der Waals surface area contributed by atoms with Crippen LogP contribution in [0.4, 0.5) is 14.5 Å². The van der Waals surface area contributed by atoms with Crippen molar-refractivity contribution < 1.29 is 14.0 Å². The van der Waals surface area contributed by atoms with Crippen LogP contribution in [0.5, 0.6) is 0 Å². The molecule has 4 nitrogen and oxygen atoms in total. The Labute approximate surface area is 121 Å². The van der Waals surface area contributed by atoms with Gasteiger partial charge in [-0.2, -0.15) is 0 Å². The third-order valence-electron chi connectivity index (χ3n) is 3.06. The van der Waals surface area contributed by atoms with Crippen LogP contribution in [-0.4, -0.2) is 18.1 Å². The number of nitrogens with zero attached hydrogens (tertiary/aromatic N) is 2. The minimum absolute atomic E-state index is 0.00985. The molecule has 110 valence electrons. The van der Waals surface area contributed by atoms with E-state index in [0.29, 0.717) is 6.54 Å². The molecule has 0 aliphatic rings. The van der Waals surface area contributed by atoms with Crippen LogP contribution in [0.2, 0.25) is 0 Å². The van der Waals surface area contributed by atoms with E-state index >= 15 is 0 Å². The second-order valence-corrected chi connectivity index (χ2v) is 4.62. The molecule has 0 spiro atoms. The molecule has 2 rings (SSSR count). The first-order chi connectivity index (χ1) is 10.0. The average molecular weight is 291 g/mol. The Morgan fingerprint density at radius 2 is 1.76 bits per heavy atom. The van der Waals surface area contributed by atoms with Crippen LogP contribution in [0.25, 0.3) is 0 Å². The molecule has 0 bridgehead atoms. The van der Waals surface area contributed by atoms with E-state index in [1.807, 2.05) is 30.3 Å². The summed E-state index contributed by atoms with van der Waals surface area (Å²) >= 11 is 0. The molecule has 0 aliphatic heterocycles. The fraction of sp³-hybridized carbons (Fsp3) is 0.133. The number of rotatable bonds is 4. The lowest BCUT2D eigenvalue weighted by Crippen LogP contribution is -2.21. The van der Waals surface area contributed by atoms with E-state index in [-0.39, 0.29) is 17.1 Å². The SMILES string of the molecule is CN(Cc1ccccc1)c1c(F)cc(/C(N)=N/O)cc1F. The van der Waals surface area contributed by atoms with Gasteiger partial charge in [0.2, 0.25) is 0 Å². The maximum atomic E-state index is 14.1. The first-order valence-corrected chi connectivity index (χ1v) is 6.25. The molecule has 2 aromatic carbocycles. The highest BCUT2D eigenvalue weighted by Crippen LogP contribution is 2.25. The summed E-state index contributed by atoms with van der Waals surface area (Å²) < 4.78 is 28.2. The molecule has 0 saturated heterocycles. The normalized spacial score (nSPS) is 11.5. The van der Waals surface area contributed by atoms with Gasteiger partial charge in [-0.1, -0.05) is 35.5 Å². The van der Waals surface area contributed by atoms with Gasteiger partial charge in [-0.15, -0.1) is 0 Å². The zero-order valence-electron chi connectivity index (χ0n) is 11.4. The zero-order valence-corrected chi connectivity index (χ0v) is 11.4. The number of hydrogen-bond donors (Lipinski definition) is 2. The summed E-state index contributed by atoms with van der Waals surface area (Å²) in [4.78, 5) is 1.47. The van der Waals surface area contributed by atoms with Gasteiger partial charge in [0, 0.05) is 19.2 Å². The third kappa shape index (κ3) is 3.28. The topological polar surface area (TPSA) is 61.8 Å². The number of amidine groups is 1. The first kappa shape index (κ1) is 14.8. The highest BCUT2D eigenvalue weighted by Gasteiger charge is 2.17. The summed E-state index contributed by atoms with van der Waals surface area (Å²) in [5.74, 6) is -1.88. The largest absolute Gasteiger partial charge is 0.409 e. The van der Waals surface area contributed by atoms with E-state index in [9.17, 15) is 8.78 Å². The number of benzene rings is 2. The van der Waals surface area contributed by atoms with Crippen LogP contribution in [0.3, 0.4) is 0 Å². The van der Waals surface area contributed by atoms with Gasteiger partial charge in [-0.3, -0.25) is 0 Å². The van der Waals surface area contributed by atoms with Crippen molar-refractivity contribution in [2.24, 2.45) is 10.9 Å². The third-order valence-corrected chi connectivity index (χ3v) is 3.06. The second-order valence-electron chi connectivity index (χ2n) is 4.62. The van der Waals surface area contributed by atoms with E-state index in [1.165, 1.54) is 4.90 Å². The van der Waals surface area contributed by atoms with Crippen LogP contribution in [0.1, 0.15) is 11.1 Å². The smallest absolute Gasteiger partial charge is 0.170 e. The quantitative estimate of drug-likeness (QED) is 0.394. The summed E-state index contributed by atoms with van der Waals surface area (Å²) in [5, 5.41) is 11.3. The molecule has 21 heavy (non-hydrogen) atoms. The van der Waals surface area contributed by atoms with E-state index in [2.05, 4.69) is 5.16 Å². The highest BCUT2D eigenvalue weighted by atomic mass is 19.1. The standard InChI is InChI=1S/C15H15F2N3O/c1-20(9-10-5-3-2-4-6-10)14-12(16)7-11(8-13(14)17)15(18)19-21/h2-8,21H,9H2,1H3,(H2,18,19). The van der Waals surface area contributed by atoms with Crippen LogP contribution in [0, 0.1) is 11.6 Å². The summed E-state index contributed by atoms with van der Waals surface area (Å²) in [5.41, 5.74) is 6.10. The van der Waals surface area contributed by atoms with Gasteiger partial charge >= 0.3 is 0 Å². The van der Waals surface area contributed by atoms with E-state index in [1.54, 1.807) is 7.05 Å². The van der Waals surface area contributed by atoms with Crippen LogP contribution in [0.15, 0.2) is 47.6 Å². The number of halogens is 2. The Bertz CT molecular complexity index is 636. The number of oxime groups is 1. The second kappa shape index (κ2) is 6.21. The molecule has 0 atom stereocenters. The van der Waals surface area contributed by atoms with E-state index in [4.69, 9.17) is 10.9 Å². The van der Waals surface area contributed by atoms with Crippen molar-refractivity contribution in [3.05, 3.63) is 65.2 Å². The van der Waals surface area contributed by atoms with Crippen molar-refractivity contribution in [3.8, 4) is 0 Å². The number of nitrogens with two attached hydrogens (primary N) is 1. The molecule has 2 aromatic rings. The lowest BCUT2D eigenvalue weighted by Gasteiger charge is -2.21. The van der Waals surface area contributed by atoms with Gasteiger partial charge in [-0.25, -0.2) is 8.78 Å². The van der Waals surface area contributed by atoms with Crippen molar-refractivity contribution in [2.45, 2.75) is 6.54 Å². The predicted octanol–water partition coefficient (Wildman–Crippen LogP) is 2.70. The molecular formula is C15H15F2N3O. The Kier molecular flexibility index (Phi) is 4.37. The maximum Gasteiger partial charge on any atom is 0.170 e. The summed E-state index contributed by atoms with van der Waals surface area (Å²) in [7, 11) is 1.59. The molecule has 0 fully saturated rings.